The van der Waals surface area contributed by atoms with E-state index in [9.17, 15) is 13.2 Å². The van der Waals surface area contributed by atoms with E-state index in [1.165, 1.54) is 31.3 Å². The largest absolute Gasteiger partial charge is 0.322 e. The molecule has 0 radical (unpaired) electrons. The van der Waals surface area contributed by atoms with Crippen molar-refractivity contribution < 1.29 is 13.2 Å². The summed E-state index contributed by atoms with van der Waals surface area (Å²) in [6, 6.07) is 11.1. The first-order valence-corrected chi connectivity index (χ1v) is 9.11. The molecule has 3 rings (SSSR count). The van der Waals surface area contributed by atoms with Gasteiger partial charge in [0.05, 0.1) is 10.4 Å². The van der Waals surface area contributed by atoms with Crippen molar-refractivity contribution in [2.75, 3.05) is 12.4 Å². The molecule has 2 aromatic carbocycles. The average Bonchev–Trinajstić information content (AvgIpc) is 3.04. The summed E-state index contributed by atoms with van der Waals surface area (Å²) >= 11 is 0. The van der Waals surface area contributed by atoms with Crippen LogP contribution in [0.4, 0.5) is 5.69 Å². The number of sulfonamides is 1. The summed E-state index contributed by atoms with van der Waals surface area (Å²) in [5.41, 5.74) is 2.45. The number of amides is 1. The highest BCUT2D eigenvalue weighted by molar-refractivity contribution is 7.89. The van der Waals surface area contributed by atoms with Gasteiger partial charge in [0.25, 0.3) is 5.91 Å². The molecule has 0 aliphatic carbocycles. The summed E-state index contributed by atoms with van der Waals surface area (Å²) in [7, 11) is -2.16. The Morgan fingerprint density at radius 1 is 1.16 bits per heavy atom. The number of carbonyl (C=O) groups excluding carboxylic acids is 1. The Balaban J connectivity index is 1.80. The van der Waals surface area contributed by atoms with Gasteiger partial charge in [-0.25, -0.2) is 17.8 Å². The molecule has 0 unspecified atom stereocenters. The number of fused-ring (bicyclic) bond motifs is 1. The minimum absolute atomic E-state index is 0.130. The van der Waals surface area contributed by atoms with Gasteiger partial charge >= 0.3 is 0 Å². The first-order chi connectivity index (χ1) is 11.9. The summed E-state index contributed by atoms with van der Waals surface area (Å²) in [6.45, 7) is 2.66. The van der Waals surface area contributed by atoms with Crippen LogP contribution in [0.25, 0.3) is 11.0 Å². The van der Waals surface area contributed by atoms with Crippen molar-refractivity contribution in [2.24, 2.45) is 0 Å². The van der Waals surface area contributed by atoms with Crippen LogP contribution in [0.2, 0.25) is 0 Å². The lowest BCUT2D eigenvalue weighted by molar-refractivity contribution is 0.102. The predicted octanol–water partition coefficient (Wildman–Crippen LogP) is 1.61. The molecule has 0 saturated carbocycles. The molecule has 1 heterocycles. The third kappa shape index (κ3) is 3.37. The van der Waals surface area contributed by atoms with Crippen LogP contribution in [0.5, 0.6) is 0 Å². The fourth-order valence-corrected chi connectivity index (χ4v) is 3.12. The maximum atomic E-state index is 12.4. The van der Waals surface area contributed by atoms with E-state index in [4.69, 9.17) is 0 Å². The van der Waals surface area contributed by atoms with Crippen LogP contribution in [-0.4, -0.2) is 36.4 Å². The molecule has 8 nitrogen and oxygen atoms in total. The average molecular weight is 359 g/mol. The van der Waals surface area contributed by atoms with Crippen LogP contribution in [-0.2, 0) is 16.6 Å². The zero-order valence-corrected chi connectivity index (χ0v) is 14.5. The molecule has 3 aromatic rings. The third-order valence-electron chi connectivity index (χ3n) is 3.77. The molecule has 0 aliphatic rings. The van der Waals surface area contributed by atoms with Crippen LogP contribution in [0.15, 0.2) is 47.4 Å². The summed E-state index contributed by atoms with van der Waals surface area (Å²) in [6.07, 6.45) is 0. The number of benzene rings is 2. The molecule has 2 N–H and O–H groups in total. The second kappa shape index (κ2) is 6.61. The van der Waals surface area contributed by atoms with Crippen LogP contribution in [0.1, 0.15) is 17.3 Å². The first kappa shape index (κ1) is 17.1. The normalized spacial score (nSPS) is 11.6. The van der Waals surface area contributed by atoms with E-state index in [0.717, 1.165) is 5.52 Å². The number of hydrogen-bond donors (Lipinski definition) is 2. The zero-order chi connectivity index (χ0) is 18.0. The lowest BCUT2D eigenvalue weighted by atomic mass is 10.2. The fourth-order valence-electron chi connectivity index (χ4n) is 2.39. The molecule has 25 heavy (non-hydrogen) atoms. The Bertz CT molecular complexity index is 1030. The standard InChI is InChI=1S/C16H17N5O3S/c1-3-21-15-9-4-11(10-14(15)19-20-21)16(22)18-12-5-7-13(8-6-12)25(23,24)17-2/h4-10,17H,3H2,1-2H3,(H,18,22). The highest BCUT2D eigenvalue weighted by Gasteiger charge is 2.13. The summed E-state index contributed by atoms with van der Waals surface area (Å²) in [5, 5.41) is 10.8. The first-order valence-electron chi connectivity index (χ1n) is 7.63. The van der Waals surface area contributed by atoms with Crippen molar-refractivity contribution in [1.29, 1.82) is 0 Å². The number of hydrogen-bond acceptors (Lipinski definition) is 5. The van der Waals surface area contributed by atoms with Gasteiger partial charge in [-0.05, 0) is 56.4 Å². The van der Waals surface area contributed by atoms with E-state index in [2.05, 4.69) is 20.4 Å². The SMILES string of the molecule is CCn1nnc2cc(C(=O)Nc3ccc(S(=O)(=O)NC)cc3)ccc21. The molecule has 9 heteroatoms. The van der Waals surface area contributed by atoms with E-state index in [1.807, 2.05) is 6.92 Å². The Morgan fingerprint density at radius 3 is 2.52 bits per heavy atom. The van der Waals surface area contributed by atoms with Crippen molar-refractivity contribution >= 4 is 32.7 Å². The molecule has 1 amide bonds. The Hall–Kier alpha value is -2.78. The van der Waals surface area contributed by atoms with Gasteiger partial charge in [0.1, 0.15) is 5.52 Å². The smallest absolute Gasteiger partial charge is 0.255 e. The number of nitrogens with one attached hydrogen (secondary N) is 2. The third-order valence-corrected chi connectivity index (χ3v) is 5.20. The number of aromatic nitrogens is 3. The zero-order valence-electron chi connectivity index (χ0n) is 13.7. The van der Waals surface area contributed by atoms with Gasteiger partial charge in [0, 0.05) is 17.8 Å². The van der Waals surface area contributed by atoms with E-state index in [-0.39, 0.29) is 10.8 Å². The quantitative estimate of drug-likeness (QED) is 0.720. The predicted molar refractivity (Wildman–Crippen MR) is 93.8 cm³/mol. The van der Waals surface area contributed by atoms with Crippen LogP contribution >= 0.6 is 0 Å². The highest BCUT2D eigenvalue weighted by atomic mass is 32.2. The monoisotopic (exact) mass is 359 g/mol. The second-order valence-corrected chi connectivity index (χ2v) is 7.18. The Morgan fingerprint density at radius 2 is 1.88 bits per heavy atom. The van der Waals surface area contributed by atoms with Crippen molar-refractivity contribution in [2.45, 2.75) is 18.4 Å². The van der Waals surface area contributed by atoms with E-state index < -0.39 is 10.0 Å². The molecule has 0 aliphatic heterocycles. The minimum Gasteiger partial charge on any atom is -0.322 e. The molecule has 0 bridgehead atoms. The van der Waals surface area contributed by atoms with Crippen molar-refractivity contribution in [1.82, 2.24) is 19.7 Å². The van der Waals surface area contributed by atoms with Gasteiger partial charge < -0.3 is 5.32 Å². The second-order valence-electron chi connectivity index (χ2n) is 5.29. The molecular weight excluding hydrogens is 342 g/mol. The van der Waals surface area contributed by atoms with E-state index in [0.29, 0.717) is 23.3 Å². The van der Waals surface area contributed by atoms with Crippen molar-refractivity contribution in [3.05, 3.63) is 48.0 Å². The Labute approximate surface area is 144 Å². The van der Waals surface area contributed by atoms with Gasteiger partial charge in [-0.3, -0.25) is 4.79 Å². The van der Waals surface area contributed by atoms with Crippen LogP contribution < -0.4 is 10.0 Å². The van der Waals surface area contributed by atoms with Crippen LogP contribution in [0, 0.1) is 0 Å². The maximum absolute atomic E-state index is 12.4. The lowest BCUT2D eigenvalue weighted by Gasteiger charge is -2.07. The fraction of sp³-hybridized carbons (Fsp3) is 0.188. The molecule has 0 fully saturated rings. The van der Waals surface area contributed by atoms with E-state index >= 15 is 0 Å². The van der Waals surface area contributed by atoms with Crippen molar-refractivity contribution in [3.63, 3.8) is 0 Å². The molecule has 1 aromatic heterocycles. The van der Waals surface area contributed by atoms with Crippen LogP contribution in [0.3, 0.4) is 0 Å². The number of rotatable bonds is 5. The number of anilines is 1. The highest BCUT2D eigenvalue weighted by Crippen LogP contribution is 2.17. The number of aryl methyl sites for hydroxylation is 1. The van der Waals surface area contributed by atoms with E-state index in [1.54, 1.807) is 22.9 Å². The van der Waals surface area contributed by atoms with Crippen molar-refractivity contribution in [3.8, 4) is 0 Å². The van der Waals surface area contributed by atoms with Gasteiger partial charge in [0.15, 0.2) is 0 Å². The summed E-state index contributed by atoms with van der Waals surface area (Å²) < 4.78 is 27.4. The summed E-state index contributed by atoms with van der Waals surface area (Å²) in [5.74, 6) is -0.308. The summed E-state index contributed by atoms with van der Waals surface area (Å²) in [4.78, 5) is 12.5. The maximum Gasteiger partial charge on any atom is 0.255 e. The lowest BCUT2D eigenvalue weighted by Crippen LogP contribution is -2.18. The molecular formula is C16H17N5O3S. The topological polar surface area (TPSA) is 106 Å². The molecule has 0 atom stereocenters. The van der Waals surface area contributed by atoms with Gasteiger partial charge in [-0.15, -0.1) is 5.10 Å². The Kier molecular flexibility index (Phi) is 4.51. The minimum atomic E-state index is -3.50. The van der Waals surface area contributed by atoms with Gasteiger partial charge in [0.2, 0.25) is 10.0 Å². The van der Waals surface area contributed by atoms with Gasteiger partial charge in [-0.2, -0.15) is 0 Å². The number of carbonyl (C=O) groups is 1. The molecule has 130 valence electrons. The number of nitrogens with zero attached hydrogens (tertiary/aromatic N) is 3. The molecule has 0 saturated heterocycles. The molecule has 0 spiro atoms. The van der Waals surface area contributed by atoms with Gasteiger partial charge in [-0.1, -0.05) is 5.21 Å².